The van der Waals surface area contributed by atoms with Crippen molar-refractivity contribution in [3.05, 3.63) is 96.6 Å². The van der Waals surface area contributed by atoms with Crippen LogP contribution < -0.4 is 14.8 Å². The van der Waals surface area contributed by atoms with Gasteiger partial charge in [-0.3, -0.25) is 0 Å². The fraction of sp³-hybridized carbons (Fsp3) is 0.115. The third kappa shape index (κ3) is 6.27. The van der Waals surface area contributed by atoms with E-state index in [1.54, 1.807) is 19.1 Å². The first-order valence-electron chi connectivity index (χ1n) is 9.99. The molecule has 0 aromatic heterocycles. The Labute approximate surface area is 187 Å². The number of hydrogen-bond acceptors (Lipinski definition) is 5. The van der Waals surface area contributed by atoms with Gasteiger partial charge in [-0.1, -0.05) is 54.6 Å². The zero-order chi connectivity index (χ0) is 21.9. The molecule has 31 heavy (non-hydrogen) atoms. The summed E-state index contributed by atoms with van der Waals surface area (Å²) in [4.78, 5) is 11.2. The van der Waals surface area contributed by atoms with Crippen LogP contribution in [0.4, 0.5) is 11.4 Å². The quantitative estimate of drug-likeness (QED) is 0.261. The van der Waals surface area contributed by atoms with E-state index in [4.69, 9.17) is 4.74 Å². The third-order valence-electron chi connectivity index (χ3n) is 4.68. The molecule has 0 spiro atoms. The van der Waals surface area contributed by atoms with Crippen LogP contribution in [0.25, 0.3) is 10.8 Å². The van der Waals surface area contributed by atoms with Gasteiger partial charge in [0, 0.05) is 35.1 Å². The summed E-state index contributed by atoms with van der Waals surface area (Å²) < 4.78 is 8.56. The summed E-state index contributed by atoms with van der Waals surface area (Å²) in [6.07, 6.45) is 1.44. The maximum atomic E-state index is 9.97. The molecule has 4 nitrogen and oxygen atoms in total. The van der Waals surface area contributed by atoms with Crippen LogP contribution >= 0.6 is 11.9 Å². The maximum Gasteiger partial charge on any atom is 0.124 e. The number of aldehydes is 1. The van der Waals surface area contributed by atoms with E-state index in [0.717, 1.165) is 29.0 Å². The van der Waals surface area contributed by atoms with Gasteiger partial charge in [0.25, 0.3) is 0 Å². The highest BCUT2D eigenvalue weighted by Crippen LogP contribution is 2.33. The van der Waals surface area contributed by atoms with Gasteiger partial charge in [0.15, 0.2) is 0 Å². The molecule has 4 rings (SSSR count). The Morgan fingerprint density at radius 2 is 1.52 bits per heavy atom. The highest BCUT2D eigenvalue weighted by Gasteiger charge is 2.05. The van der Waals surface area contributed by atoms with Gasteiger partial charge < -0.3 is 19.6 Å². The molecule has 0 aliphatic carbocycles. The lowest BCUT2D eigenvalue weighted by Crippen LogP contribution is -1.92. The molecule has 4 aromatic carbocycles. The van der Waals surface area contributed by atoms with Crippen LogP contribution in [-0.2, 0) is 11.2 Å². The summed E-state index contributed by atoms with van der Waals surface area (Å²) in [5, 5.41) is 5.70. The molecule has 0 amide bonds. The Morgan fingerprint density at radius 3 is 2.16 bits per heavy atom. The van der Waals surface area contributed by atoms with Crippen LogP contribution in [0, 0.1) is 0 Å². The Hall–Kier alpha value is -3.44. The first kappa shape index (κ1) is 22.2. The number of methoxy groups -OCH3 is 1. The SMILES string of the molecule is CNc1ccc(SNc2ccc(OC)cc2)c2ccccc12.O=CCc1ccccc1. The molecule has 0 saturated heterocycles. The van der Waals surface area contributed by atoms with Gasteiger partial charge in [0.2, 0.25) is 0 Å². The van der Waals surface area contributed by atoms with Crippen LogP contribution in [0.1, 0.15) is 5.56 Å². The summed E-state index contributed by atoms with van der Waals surface area (Å²) in [7, 11) is 3.62. The first-order valence-corrected chi connectivity index (χ1v) is 10.8. The maximum absolute atomic E-state index is 9.97. The minimum Gasteiger partial charge on any atom is -0.497 e. The van der Waals surface area contributed by atoms with Crippen molar-refractivity contribution in [3.63, 3.8) is 0 Å². The monoisotopic (exact) mass is 430 g/mol. The van der Waals surface area contributed by atoms with Crippen LogP contribution in [-0.4, -0.2) is 20.4 Å². The van der Waals surface area contributed by atoms with E-state index in [0.29, 0.717) is 6.42 Å². The van der Waals surface area contributed by atoms with Crippen molar-refractivity contribution in [1.82, 2.24) is 0 Å². The van der Waals surface area contributed by atoms with Crippen LogP contribution in [0.15, 0.2) is 95.9 Å². The van der Waals surface area contributed by atoms with Crippen molar-refractivity contribution in [2.75, 3.05) is 24.2 Å². The predicted octanol–water partition coefficient (Wildman–Crippen LogP) is 6.44. The molecule has 5 heteroatoms. The van der Waals surface area contributed by atoms with E-state index in [2.05, 4.69) is 46.4 Å². The minimum atomic E-state index is 0.529. The number of anilines is 2. The molecule has 0 atom stereocenters. The molecule has 4 aromatic rings. The molecule has 158 valence electrons. The average molecular weight is 431 g/mol. The van der Waals surface area contributed by atoms with Gasteiger partial charge >= 0.3 is 0 Å². The van der Waals surface area contributed by atoms with Crippen molar-refractivity contribution < 1.29 is 9.53 Å². The topological polar surface area (TPSA) is 50.4 Å². The van der Waals surface area contributed by atoms with E-state index in [-0.39, 0.29) is 0 Å². The number of ether oxygens (including phenoxy) is 1. The largest absolute Gasteiger partial charge is 0.497 e. The van der Waals surface area contributed by atoms with Crippen molar-refractivity contribution in [2.24, 2.45) is 0 Å². The smallest absolute Gasteiger partial charge is 0.124 e. The van der Waals surface area contributed by atoms with Crippen molar-refractivity contribution in [2.45, 2.75) is 11.3 Å². The number of nitrogens with one attached hydrogen (secondary N) is 2. The van der Waals surface area contributed by atoms with Gasteiger partial charge in [-0.05, 0) is 59.3 Å². The van der Waals surface area contributed by atoms with Crippen molar-refractivity contribution in [1.29, 1.82) is 0 Å². The molecule has 0 unspecified atom stereocenters. The number of carbonyl (C=O) groups is 1. The lowest BCUT2D eigenvalue weighted by Gasteiger charge is -2.11. The second-order valence-electron chi connectivity index (χ2n) is 6.70. The normalized spacial score (nSPS) is 10.0. The van der Waals surface area contributed by atoms with E-state index < -0.39 is 0 Å². The lowest BCUT2D eigenvalue weighted by molar-refractivity contribution is -0.107. The average Bonchev–Trinajstić information content (AvgIpc) is 2.84. The van der Waals surface area contributed by atoms with Crippen molar-refractivity contribution >= 4 is 40.4 Å². The summed E-state index contributed by atoms with van der Waals surface area (Å²) in [6.45, 7) is 0. The predicted molar refractivity (Wildman–Crippen MR) is 132 cm³/mol. The van der Waals surface area contributed by atoms with Crippen LogP contribution in [0.2, 0.25) is 0 Å². The van der Waals surface area contributed by atoms with Gasteiger partial charge in [0.05, 0.1) is 7.11 Å². The first-order chi connectivity index (χ1) is 15.2. The molecule has 0 aliphatic rings. The fourth-order valence-corrected chi connectivity index (χ4v) is 3.85. The summed E-state index contributed by atoms with van der Waals surface area (Å²) in [6, 6.07) is 30.3. The molecule has 0 radical (unpaired) electrons. The minimum absolute atomic E-state index is 0.529. The highest BCUT2D eigenvalue weighted by atomic mass is 32.2. The van der Waals surface area contributed by atoms with Gasteiger partial charge in [-0.25, -0.2) is 0 Å². The standard InChI is InChI=1S/C18H18N2OS.C8H8O/c1-19-17-11-12-18(16-6-4-3-5-15(16)17)22-20-13-7-9-14(21-2)10-8-13;9-7-6-8-4-2-1-3-5-8/h3-12,19-20H,1-2H3;1-5,7H,6H2. The van der Waals surface area contributed by atoms with Crippen LogP contribution in [0.3, 0.4) is 0 Å². The number of hydrogen-bond donors (Lipinski definition) is 2. The Bertz CT molecular complexity index is 1100. The Balaban J connectivity index is 0.000000254. The number of carbonyl (C=O) groups excluding carboxylic acids is 1. The molecule has 0 bridgehead atoms. The summed E-state index contributed by atoms with van der Waals surface area (Å²) in [5.74, 6) is 0.861. The molecule has 0 heterocycles. The van der Waals surface area contributed by atoms with E-state index in [1.807, 2.05) is 61.6 Å². The summed E-state index contributed by atoms with van der Waals surface area (Å²) >= 11 is 1.62. The van der Waals surface area contributed by atoms with Crippen molar-refractivity contribution in [3.8, 4) is 5.75 Å². The van der Waals surface area contributed by atoms with Crippen LogP contribution in [0.5, 0.6) is 5.75 Å². The highest BCUT2D eigenvalue weighted by molar-refractivity contribution is 8.00. The van der Waals surface area contributed by atoms with E-state index in [9.17, 15) is 4.79 Å². The zero-order valence-electron chi connectivity index (χ0n) is 17.7. The third-order valence-corrected chi connectivity index (χ3v) is 5.60. The Kier molecular flexibility index (Phi) is 8.38. The van der Waals surface area contributed by atoms with Gasteiger partial charge in [-0.2, -0.15) is 0 Å². The Morgan fingerprint density at radius 1 is 0.839 bits per heavy atom. The molecule has 0 saturated carbocycles. The second-order valence-corrected chi connectivity index (χ2v) is 7.54. The fourth-order valence-electron chi connectivity index (χ4n) is 3.06. The molecule has 0 aliphatic heterocycles. The van der Waals surface area contributed by atoms with E-state index >= 15 is 0 Å². The summed E-state index contributed by atoms with van der Waals surface area (Å²) in [5.41, 5.74) is 3.27. The molecule has 2 N–H and O–H groups in total. The van der Waals surface area contributed by atoms with Gasteiger partial charge in [-0.15, -0.1) is 0 Å². The number of benzene rings is 4. The lowest BCUT2D eigenvalue weighted by atomic mass is 10.1. The molecule has 0 fully saturated rings. The molecular formula is C26H26N2O2S. The second kappa shape index (κ2) is 11.7. The molecular weight excluding hydrogens is 404 g/mol. The zero-order valence-corrected chi connectivity index (χ0v) is 18.5. The number of fused-ring (bicyclic) bond motifs is 1. The van der Waals surface area contributed by atoms with E-state index in [1.165, 1.54) is 15.7 Å². The van der Waals surface area contributed by atoms with Gasteiger partial charge in [0.1, 0.15) is 12.0 Å². The number of rotatable bonds is 7.